The van der Waals surface area contributed by atoms with Crippen LogP contribution in [0.1, 0.15) is 5.56 Å². The van der Waals surface area contributed by atoms with Crippen LogP contribution in [0.25, 0.3) is 11.1 Å². The predicted octanol–water partition coefficient (Wildman–Crippen LogP) is 3.10. The molecule has 1 unspecified atom stereocenters. The lowest BCUT2D eigenvalue weighted by Gasteiger charge is -2.05. The van der Waals surface area contributed by atoms with Crippen LogP contribution in [0.4, 0.5) is 4.39 Å². The summed E-state index contributed by atoms with van der Waals surface area (Å²) in [5.41, 5.74) is 1.70. The highest BCUT2D eigenvalue weighted by molar-refractivity contribution is 7.84. The van der Waals surface area contributed by atoms with Crippen molar-refractivity contribution in [3.63, 3.8) is 0 Å². The topological polar surface area (TPSA) is 40.9 Å². The van der Waals surface area contributed by atoms with E-state index in [1.54, 1.807) is 30.5 Å². The van der Waals surface area contributed by atoms with Crippen LogP contribution >= 0.6 is 0 Å². The maximum absolute atomic E-state index is 13.2. The van der Waals surface area contributed by atoms with Crippen molar-refractivity contribution in [2.24, 2.45) is 0 Å². The average Bonchev–Trinajstić information content (AvgIpc) is 2.39. The molecule has 2 rings (SSSR count). The molecule has 0 N–H and O–H groups in total. The largest absolute Gasteiger partial charge is 0.255 e. The Hall–Kier alpha value is -1.99. The number of rotatable bonds is 2. The van der Waals surface area contributed by atoms with Gasteiger partial charge in [0, 0.05) is 27.5 Å². The van der Waals surface area contributed by atoms with Crippen molar-refractivity contribution in [1.82, 2.24) is 0 Å². The van der Waals surface area contributed by atoms with Crippen LogP contribution in [0.3, 0.4) is 0 Å². The zero-order chi connectivity index (χ0) is 13.1. The van der Waals surface area contributed by atoms with E-state index in [1.807, 2.05) is 6.07 Å². The summed E-state index contributed by atoms with van der Waals surface area (Å²) < 4.78 is 24.5. The Morgan fingerprint density at radius 2 is 1.83 bits per heavy atom. The highest BCUT2D eigenvalue weighted by Gasteiger charge is 2.07. The zero-order valence-corrected chi connectivity index (χ0v) is 10.5. The summed E-state index contributed by atoms with van der Waals surface area (Å²) in [5, 5.41) is 8.99. The van der Waals surface area contributed by atoms with Crippen LogP contribution in [0.2, 0.25) is 0 Å². The van der Waals surface area contributed by atoms with Gasteiger partial charge in [-0.1, -0.05) is 12.1 Å². The fourth-order valence-electron chi connectivity index (χ4n) is 1.68. The van der Waals surface area contributed by atoms with Crippen LogP contribution in [-0.2, 0) is 10.8 Å². The highest BCUT2D eigenvalue weighted by atomic mass is 32.2. The van der Waals surface area contributed by atoms with Crippen LogP contribution in [0.15, 0.2) is 47.4 Å². The van der Waals surface area contributed by atoms with E-state index in [0.29, 0.717) is 16.0 Å². The van der Waals surface area contributed by atoms with E-state index >= 15 is 0 Å². The summed E-state index contributed by atoms with van der Waals surface area (Å²) in [7, 11) is -1.04. The normalized spacial score (nSPS) is 11.8. The Kier molecular flexibility index (Phi) is 3.54. The molecule has 1 atom stereocenters. The molecule has 2 nitrogen and oxygen atoms in total. The first-order valence-corrected chi connectivity index (χ1v) is 6.81. The van der Waals surface area contributed by atoms with E-state index in [4.69, 9.17) is 5.26 Å². The Balaban J connectivity index is 2.52. The summed E-state index contributed by atoms with van der Waals surface area (Å²) in [6.07, 6.45) is 1.60. The van der Waals surface area contributed by atoms with Gasteiger partial charge in [-0.2, -0.15) is 5.26 Å². The second-order valence-corrected chi connectivity index (χ2v) is 5.16. The zero-order valence-electron chi connectivity index (χ0n) is 9.68. The molecule has 0 amide bonds. The predicted molar refractivity (Wildman–Crippen MR) is 68.9 cm³/mol. The third-order valence-corrected chi connectivity index (χ3v) is 3.54. The quantitative estimate of drug-likeness (QED) is 0.831. The Labute approximate surface area is 107 Å². The van der Waals surface area contributed by atoms with E-state index in [1.165, 1.54) is 18.2 Å². The van der Waals surface area contributed by atoms with Gasteiger partial charge in [-0.3, -0.25) is 4.21 Å². The number of nitrogens with zero attached hydrogens (tertiary/aromatic N) is 1. The van der Waals surface area contributed by atoms with Gasteiger partial charge >= 0.3 is 0 Å². The van der Waals surface area contributed by atoms with E-state index in [2.05, 4.69) is 0 Å². The lowest BCUT2D eigenvalue weighted by Crippen LogP contribution is -1.89. The molecule has 0 aliphatic carbocycles. The Bertz CT molecular complexity index is 644. The molecule has 0 heterocycles. The minimum absolute atomic E-state index is 0.382. The highest BCUT2D eigenvalue weighted by Crippen LogP contribution is 2.25. The van der Waals surface area contributed by atoms with Gasteiger partial charge < -0.3 is 0 Å². The number of benzene rings is 2. The summed E-state index contributed by atoms with van der Waals surface area (Å²) in [6, 6.07) is 13.0. The van der Waals surface area contributed by atoms with Crippen molar-refractivity contribution >= 4 is 10.8 Å². The maximum Gasteiger partial charge on any atom is 0.123 e. The molecular formula is C14H10FNOS. The molecule has 2 aromatic rings. The van der Waals surface area contributed by atoms with Crippen LogP contribution in [0, 0.1) is 17.1 Å². The van der Waals surface area contributed by atoms with Gasteiger partial charge in [0.15, 0.2) is 0 Å². The number of nitriles is 1. The smallest absolute Gasteiger partial charge is 0.123 e. The molecule has 0 fully saturated rings. The van der Waals surface area contributed by atoms with Crippen molar-refractivity contribution in [3.05, 3.63) is 53.8 Å². The number of hydrogen-bond acceptors (Lipinski definition) is 2. The number of hydrogen-bond donors (Lipinski definition) is 0. The molecule has 0 spiro atoms. The summed E-state index contributed by atoms with van der Waals surface area (Å²) >= 11 is 0. The molecule has 0 aromatic heterocycles. The van der Waals surface area contributed by atoms with E-state index < -0.39 is 10.8 Å². The van der Waals surface area contributed by atoms with Gasteiger partial charge in [-0.25, -0.2) is 4.39 Å². The molecule has 0 saturated carbocycles. The van der Waals surface area contributed by atoms with Crippen molar-refractivity contribution < 1.29 is 8.60 Å². The molecular weight excluding hydrogens is 249 g/mol. The average molecular weight is 259 g/mol. The van der Waals surface area contributed by atoms with Gasteiger partial charge in [0.25, 0.3) is 0 Å². The van der Waals surface area contributed by atoms with E-state index in [0.717, 1.165) is 5.56 Å². The molecule has 4 heteroatoms. The molecule has 0 bridgehead atoms. The first kappa shape index (κ1) is 12.5. The molecule has 0 aliphatic heterocycles. The second-order valence-electron chi connectivity index (χ2n) is 3.78. The van der Waals surface area contributed by atoms with Crippen LogP contribution < -0.4 is 0 Å². The maximum atomic E-state index is 13.2. The molecule has 0 radical (unpaired) electrons. The minimum Gasteiger partial charge on any atom is -0.255 e. The fraction of sp³-hybridized carbons (Fsp3) is 0.0714. The summed E-state index contributed by atoms with van der Waals surface area (Å²) in [5.74, 6) is -0.382. The van der Waals surface area contributed by atoms with Gasteiger partial charge in [-0.05, 0) is 35.9 Å². The Morgan fingerprint density at radius 1 is 1.17 bits per heavy atom. The van der Waals surface area contributed by atoms with Gasteiger partial charge in [0.2, 0.25) is 0 Å². The minimum atomic E-state index is -1.04. The van der Waals surface area contributed by atoms with Crippen molar-refractivity contribution in [2.75, 3.05) is 6.26 Å². The van der Waals surface area contributed by atoms with Crippen molar-refractivity contribution in [3.8, 4) is 17.2 Å². The first-order chi connectivity index (χ1) is 8.61. The first-order valence-electron chi connectivity index (χ1n) is 5.25. The van der Waals surface area contributed by atoms with E-state index in [9.17, 15) is 8.60 Å². The third-order valence-electron chi connectivity index (χ3n) is 2.60. The molecule has 0 aliphatic rings. The molecule has 18 heavy (non-hydrogen) atoms. The summed E-state index contributed by atoms with van der Waals surface area (Å²) in [4.78, 5) is 0.702. The summed E-state index contributed by atoms with van der Waals surface area (Å²) in [6.45, 7) is 0. The SMILES string of the molecule is CS(=O)c1ccc(-c2cc(F)ccc2C#N)cc1. The van der Waals surface area contributed by atoms with Gasteiger partial charge in [-0.15, -0.1) is 0 Å². The van der Waals surface area contributed by atoms with Gasteiger partial charge in [0.1, 0.15) is 5.82 Å². The molecule has 2 aromatic carbocycles. The Morgan fingerprint density at radius 3 is 2.39 bits per heavy atom. The third kappa shape index (κ3) is 2.47. The standard InChI is InChI=1S/C14H10FNOS/c1-18(17)13-6-3-10(4-7-13)14-8-12(15)5-2-11(14)9-16/h2-8H,1H3. The monoisotopic (exact) mass is 259 g/mol. The van der Waals surface area contributed by atoms with Crippen molar-refractivity contribution in [2.45, 2.75) is 4.90 Å². The number of halogens is 1. The molecule has 0 saturated heterocycles. The van der Waals surface area contributed by atoms with Crippen molar-refractivity contribution in [1.29, 1.82) is 5.26 Å². The molecule has 90 valence electrons. The van der Waals surface area contributed by atoms with Crippen LogP contribution in [-0.4, -0.2) is 10.5 Å². The second kappa shape index (κ2) is 5.11. The van der Waals surface area contributed by atoms with E-state index in [-0.39, 0.29) is 5.82 Å². The lowest BCUT2D eigenvalue weighted by molar-refractivity contribution is 0.628. The lowest BCUT2D eigenvalue weighted by atomic mass is 10.0. The van der Waals surface area contributed by atoms with Gasteiger partial charge in [0.05, 0.1) is 11.6 Å². The fourth-order valence-corrected chi connectivity index (χ4v) is 2.20. The van der Waals surface area contributed by atoms with Crippen LogP contribution in [0.5, 0.6) is 0 Å².